The number of sulfonamides is 1. The molecule has 1 aliphatic rings. The maximum absolute atomic E-state index is 13.2. The number of hydrogen-bond donors (Lipinski definition) is 2. The molecule has 1 heterocycles. The molecule has 2 aromatic carbocycles. The third-order valence-electron chi connectivity index (χ3n) is 5.05. The number of nitrogens with one attached hydrogen (secondary N) is 1. The maximum Gasteiger partial charge on any atom is 0.243 e. The van der Waals surface area contributed by atoms with Crippen molar-refractivity contribution in [3.8, 4) is 0 Å². The number of benzene rings is 2. The molecular weight excluding hydrogens is 350 g/mol. The van der Waals surface area contributed by atoms with E-state index >= 15 is 0 Å². The molecule has 6 nitrogen and oxygen atoms in total. The molecule has 26 heavy (non-hydrogen) atoms. The first-order valence-electron chi connectivity index (χ1n) is 8.86. The number of nitrogens with two attached hydrogens (primary N) is 1. The van der Waals surface area contributed by atoms with Crippen molar-refractivity contribution in [3.63, 3.8) is 0 Å². The van der Waals surface area contributed by atoms with E-state index in [-0.39, 0.29) is 16.8 Å². The van der Waals surface area contributed by atoms with Crippen LogP contribution in [0, 0.1) is 5.92 Å². The number of carbonyl (C=O) groups is 1. The molecule has 0 aliphatic carbocycles. The number of piperidine rings is 1. The fourth-order valence-electron chi connectivity index (χ4n) is 3.58. The normalized spacial score (nSPS) is 18.0. The number of carbonyl (C=O) groups excluding carboxylic acids is 1. The van der Waals surface area contributed by atoms with Crippen LogP contribution in [0.25, 0.3) is 10.8 Å². The minimum absolute atomic E-state index is 0.0811. The van der Waals surface area contributed by atoms with E-state index < -0.39 is 10.0 Å². The number of rotatable bonds is 4. The van der Waals surface area contributed by atoms with Crippen molar-refractivity contribution in [2.24, 2.45) is 11.7 Å². The van der Waals surface area contributed by atoms with E-state index in [2.05, 4.69) is 5.32 Å². The standard InChI is InChI=1S/C19H25N3O3S/c1-13(20)15-9-11-22(12-10-15)26(24,25)19-8-7-18(21-14(2)23)16-5-3-4-6-17(16)19/h3-8,13,15H,9-12,20H2,1-2H3,(H,21,23). The van der Waals surface area contributed by atoms with Gasteiger partial charge in [-0.2, -0.15) is 4.31 Å². The van der Waals surface area contributed by atoms with Crippen molar-refractivity contribution in [1.29, 1.82) is 0 Å². The number of anilines is 1. The number of amides is 1. The van der Waals surface area contributed by atoms with Crippen molar-refractivity contribution < 1.29 is 13.2 Å². The molecule has 7 heteroatoms. The van der Waals surface area contributed by atoms with Crippen LogP contribution < -0.4 is 11.1 Å². The Morgan fingerprint density at radius 1 is 1.15 bits per heavy atom. The first-order valence-corrected chi connectivity index (χ1v) is 10.3. The Kier molecular flexibility index (Phi) is 5.32. The molecule has 0 saturated carbocycles. The average molecular weight is 375 g/mol. The molecule has 1 fully saturated rings. The Morgan fingerprint density at radius 3 is 2.35 bits per heavy atom. The van der Waals surface area contributed by atoms with E-state index in [4.69, 9.17) is 5.73 Å². The van der Waals surface area contributed by atoms with Crippen molar-refractivity contribution in [2.45, 2.75) is 37.6 Å². The lowest BCUT2D eigenvalue weighted by Crippen LogP contribution is -2.42. The quantitative estimate of drug-likeness (QED) is 0.859. The number of hydrogen-bond acceptors (Lipinski definition) is 4. The molecule has 3 N–H and O–H groups in total. The highest BCUT2D eigenvalue weighted by molar-refractivity contribution is 7.89. The van der Waals surface area contributed by atoms with Gasteiger partial charge in [0.2, 0.25) is 15.9 Å². The first-order chi connectivity index (χ1) is 12.3. The molecule has 0 spiro atoms. The summed E-state index contributed by atoms with van der Waals surface area (Å²) in [7, 11) is -3.60. The Labute approximate surface area is 154 Å². The van der Waals surface area contributed by atoms with E-state index in [1.54, 1.807) is 28.6 Å². The fraction of sp³-hybridized carbons (Fsp3) is 0.421. The smallest absolute Gasteiger partial charge is 0.243 e. The second-order valence-corrected chi connectivity index (χ2v) is 8.85. The average Bonchev–Trinajstić information content (AvgIpc) is 2.61. The predicted molar refractivity (Wildman–Crippen MR) is 103 cm³/mol. The van der Waals surface area contributed by atoms with Gasteiger partial charge >= 0.3 is 0 Å². The van der Waals surface area contributed by atoms with E-state index in [0.717, 1.165) is 12.8 Å². The van der Waals surface area contributed by atoms with Crippen molar-refractivity contribution in [3.05, 3.63) is 36.4 Å². The maximum atomic E-state index is 13.2. The molecule has 1 atom stereocenters. The zero-order valence-electron chi connectivity index (χ0n) is 15.1. The van der Waals surface area contributed by atoms with Crippen molar-refractivity contribution >= 4 is 32.4 Å². The SMILES string of the molecule is CC(=O)Nc1ccc(S(=O)(=O)N2CCC(C(C)N)CC2)c2ccccc12. The molecular formula is C19H25N3O3S. The van der Waals surface area contributed by atoms with Crippen molar-refractivity contribution in [2.75, 3.05) is 18.4 Å². The summed E-state index contributed by atoms with van der Waals surface area (Å²) < 4.78 is 28.0. The highest BCUT2D eigenvalue weighted by Gasteiger charge is 2.31. The van der Waals surface area contributed by atoms with E-state index in [1.807, 2.05) is 19.1 Å². The van der Waals surface area contributed by atoms with Crippen LogP contribution in [0.2, 0.25) is 0 Å². The van der Waals surface area contributed by atoms with Crippen LogP contribution in [0.3, 0.4) is 0 Å². The Morgan fingerprint density at radius 2 is 1.77 bits per heavy atom. The van der Waals surface area contributed by atoms with Crippen LogP contribution in [-0.4, -0.2) is 37.8 Å². The van der Waals surface area contributed by atoms with E-state index in [9.17, 15) is 13.2 Å². The van der Waals surface area contributed by atoms with E-state index in [0.29, 0.717) is 35.5 Å². The largest absolute Gasteiger partial charge is 0.328 e. The lowest BCUT2D eigenvalue weighted by Gasteiger charge is -2.33. The van der Waals surface area contributed by atoms with Gasteiger partial charge in [0.15, 0.2) is 0 Å². The van der Waals surface area contributed by atoms with Crippen LogP contribution >= 0.6 is 0 Å². The summed E-state index contributed by atoms with van der Waals surface area (Å²) in [5.74, 6) is 0.170. The molecule has 1 amide bonds. The zero-order chi connectivity index (χ0) is 18.9. The molecule has 140 valence electrons. The fourth-order valence-corrected chi connectivity index (χ4v) is 5.24. The van der Waals surface area contributed by atoms with Crippen LogP contribution in [-0.2, 0) is 14.8 Å². The van der Waals surface area contributed by atoms with Gasteiger partial charge in [0.25, 0.3) is 0 Å². The summed E-state index contributed by atoms with van der Waals surface area (Å²) in [6, 6.07) is 10.6. The van der Waals surface area contributed by atoms with Gasteiger partial charge in [0.05, 0.1) is 4.90 Å². The minimum atomic E-state index is -3.60. The van der Waals surface area contributed by atoms with Crippen molar-refractivity contribution in [1.82, 2.24) is 4.31 Å². The number of fused-ring (bicyclic) bond motifs is 1. The summed E-state index contributed by atoms with van der Waals surface area (Å²) in [5, 5.41) is 4.10. The van der Waals surface area contributed by atoms with Crippen LogP contribution in [0.5, 0.6) is 0 Å². The Hall–Kier alpha value is -1.96. The molecule has 0 bridgehead atoms. The third-order valence-corrected chi connectivity index (χ3v) is 7.01. The summed E-state index contributed by atoms with van der Waals surface area (Å²) >= 11 is 0. The summed E-state index contributed by atoms with van der Waals surface area (Å²) in [4.78, 5) is 11.7. The Bertz CT molecular complexity index is 917. The predicted octanol–water partition coefficient (Wildman–Crippen LogP) is 2.55. The van der Waals surface area contributed by atoms with Gasteiger partial charge in [-0.1, -0.05) is 24.3 Å². The summed E-state index contributed by atoms with van der Waals surface area (Å²) in [6.45, 7) is 4.37. The first kappa shape index (κ1) is 18.8. The number of nitrogens with zero attached hydrogens (tertiary/aromatic N) is 1. The lowest BCUT2D eigenvalue weighted by atomic mass is 9.92. The summed E-state index contributed by atoms with van der Waals surface area (Å²) in [5.41, 5.74) is 6.57. The van der Waals surface area contributed by atoms with Crippen LogP contribution in [0.1, 0.15) is 26.7 Å². The van der Waals surface area contributed by atoms with Gasteiger partial charge < -0.3 is 11.1 Å². The molecule has 1 unspecified atom stereocenters. The van der Waals surface area contributed by atoms with Gasteiger partial charge in [-0.15, -0.1) is 0 Å². The van der Waals surface area contributed by atoms with Crippen LogP contribution in [0.4, 0.5) is 5.69 Å². The highest BCUT2D eigenvalue weighted by Crippen LogP contribution is 2.33. The van der Waals surface area contributed by atoms with E-state index in [1.165, 1.54) is 6.92 Å². The van der Waals surface area contributed by atoms with Gasteiger partial charge in [0.1, 0.15) is 0 Å². The van der Waals surface area contributed by atoms with Gasteiger partial charge in [-0.05, 0) is 37.8 Å². The van der Waals surface area contributed by atoms with Gasteiger partial charge in [-0.3, -0.25) is 4.79 Å². The van der Waals surface area contributed by atoms with Gasteiger partial charge in [-0.25, -0.2) is 8.42 Å². The second kappa shape index (κ2) is 7.34. The molecule has 0 aromatic heterocycles. The molecule has 3 rings (SSSR count). The Balaban J connectivity index is 1.98. The minimum Gasteiger partial charge on any atom is -0.328 e. The zero-order valence-corrected chi connectivity index (χ0v) is 15.9. The van der Waals surface area contributed by atoms with Crippen LogP contribution in [0.15, 0.2) is 41.3 Å². The third kappa shape index (κ3) is 3.60. The lowest BCUT2D eigenvalue weighted by molar-refractivity contribution is -0.114. The van der Waals surface area contributed by atoms with Gasteiger partial charge in [0, 0.05) is 42.5 Å². The molecule has 0 radical (unpaired) electrons. The molecule has 2 aromatic rings. The monoisotopic (exact) mass is 375 g/mol. The molecule has 1 saturated heterocycles. The summed E-state index contributed by atoms with van der Waals surface area (Å²) in [6.07, 6.45) is 1.55. The second-order valence-electron chi connectivity index (χ2n) is 6.94. The topological polar surface area (TPSA) is 92.5 Å². The molecule has 1 aliphatic heterocycles. The highest BCUT2D eigenvalue weighted by atomic mass is 32.2.